The zero-order valence-corrected chi connectivity index (χ0v) is 22.7. The van der Waals surface area contributed by atoms with Gasteiger partial charge < -0.3 is 10.1 Å². The Morgan fingerprint density at radius 2 is 1.76 bits per heavy atom. The lowest BCUT2D eigenvalue weighted by Gasteiger charge is -2.25. The van der Waals surface area contributed by atoms with Gasteiger partial charge in [-0.05, 0) is 65.5 Å². The first-order valence-corrected chi connectivity index (χ1v) is 12.0. The monoisotopic (exact) mass is 517 g/mol. The highest BCUT2D eigenvalue weighted by Gasteiger charge is 2.33. The third-order valence-corrected chi connectivity index (χ3v) is 5.30. The van der Waals surface area contributed by atoms with Gasteiger partial charge in [-0.2, -0.15) is 13.2 Å². The third kappa shape index (κ3) is 11.9. The molecule has 5 nitrogen and oxygen atoms in total. The first kappa shape index (κ1) is 31.6. The van der Waals surface area contributed by atoms with Crippen LogP contribution in [0.4, 0.5) is 13.2 Å². The second kappa shape index (κ2) is 14.4. The quantitative estimate of drug-likeness (QED) is 0.360. The molecule has 0 aliphatic heterocycles. The van der Waals surface area contributed by atoms with Gasteiger partial charge in [0.2, 0.25) is 5.88 Å². The van der Waals surface area contributed by atoms with Gasteiger partial charge in [-0.25, -0.2) is 4.98 Å². The number of alkyl halides is 3. The Kier molecular flexibility index (Phi) is 12.3. The number of allylic oxidation sites excluding steroid dienone is 2. The lowest BCUT2D eigenvalue weighted by atomic mass is 9.95. The van der Waals surface area contributed by atoms with E-state index in [9.17, 15) is 18.0 Å². The molecule has 0 aliphatic rings. The van der Waals surface area contributed by atoms with E-state index in [0.717, 1.165) is 18.6 Å². The largest absolute Gasteiger partial charge is 0.462 e. The number of rotatable bonds is 9. The molecule has 2 rings (SSSR count). The molecule has 1 amide bonds. The van der Waals surface area contributed by atoms with Crippen molar-refractivity contribution in [2.45, 2.75) is 72.7 Å². The molecular formula is C29H38F3N3O2. The third-order valence-electron chi connectivity index (χ3n) is 5.30. The van der Waals surface area contributed by atoms with Crippen molar-refractivity contribution in [2.24, 2.45) is 10.9 Å². The van der Waals surface area contributed by atoms with Crippen LogP contribution in [0.5, 0.6) is 5.88 Å². The maximum atomic E-state index is 12.4. The fraction of sp³-hybridized carbons (Fsp3) is 0.414. The molecule has 0 spiro atoms. The molecule has 1 atom stereocenters. The highest BCUT2D eigenvalue weighted by molar-refractivity contribution is 5.84. The zero-order valence-electron chi connectivity index (χ0n) is 22.7. The van der Waals surface area contributed by atoms with Crippen LogP contribution in [0.2, 0.25) is 0 Å². The second-order valence-corrected chi connectivity index (χ2v) is 9.62. The Labute approximate surface area is 218 Å². The molecule has 0 saturated carbocycles. The van der Waals surface area contributed by atoms with Crippen LogP contribution in [-0.2, 0) is 17.4 Å². The van der Waals surface area contributed by atoms with Crippen molar-refractivity contribution in [3.8, 4) is 5.88 Å². The summed E-state index contributed by atoms with van der Waals surface area (Å²) < 4.78 is 42.5. The minimum Gasteiger partial charge on any atom is -0.462 e. The Morgan fingerprint density at radius 1 is 1.14 bits per heavy atom. The number of hydrogen-bond acceptors (Lipinski definition) is 4. The molecule has 8 heteroatoms. The predicted octanol–water partition coefficient (Wildman–Crippen LogP) is 7.12. The van der Waals surface area contributed by atoms with E-state index in [1.54, 1.807) is 26.1 Å². The molecule has 1 aromatic heterocycles. The van der Waals surface area contributed by atoms with E-state index < -0.39 is 17.3 Å². The number of nitrogens with one attached hydrogen (secondary N) is 1. The molecule has 2 aromatic rings. The predicted molar refractivity (Wildman–Crippen MR) is 144 cm³/mol. The van der Waals surface area contributed by atoms with Gasteiger partial charge in [-0.3, -0.25) is 9.79 Å². The van der Waals surface area contributed by atoms with E-state index >= 15 is 0 Å². The normalized spacial score (nSPS) is 13.1. The van der Waals surface area contributed by atoms with Gasteiger partial charge >= 0.3 is 6.18 Å². The van der Waals surface area contributed by atoms with E-state index in [-0.39, 0.29) is 17.8 Å². The first-order valence-electron chi connectivity index (χ1n) is 12.0. The van der Waals surface area contributed by atoms with Crippen molar-refractivity contribution >= 4 is 12.1 Å². The summed E-state index contributed by atoms with van der Waals surface area (Å²) in [4.78, 5) is 19.6. The fourth-order valence-corrected chi connectivity index (χ4v) is 2.94. The standard InChI is InChI=1S/C16H21N.C13H17F3N2O2/c1-5-10-17-12-15(4)14(3)11-16-8-6-13(2)7-9-16;1-8(2)18-11(19)12(3,4)20-10-6-5-9(7-17-10)13(14,15)16/h5-10,12,14H,1,11H2,2-4H3;5-8H,1-4H3,(H,18,19)/b15-12+,17-10?;. The molecule has 202 valence electrons. The summed E-state index contributed by atoms with van der Waals surface area (Å²) in [6.45, 7) is 16.7. The van der Waals surface area contributed by atoms with Crippen molar-refractivity contribution in [1.82, 2.24) is 10.3 Å². The molecule has 0 fully saturated rings. The van der Waals surface area contributed by atoms with Crippen LogP contribution >= 0.6 is 0 Å². The van der Waals surface area contributed by atoms with Gasteiger partial charge in [0.1, 0.15) is 0 Å². The summed E-state index contributed by atoms with van der Waals surface area (Å²) in [5.74, 6) is 0.107. The number of carbonyl (C=O) groups is 1. The van der Waals surface area contributed by atoms with Gasteiger partial charge in [0, 0.05) is 30.7 Å². The van der Waals surface area contributed by atoms with Gasteiger partial charge in [0.25, 0.3) is 5.91 Å². The lowest BCUT2D eigenvalue weighted by Crippen LogP contribution is -2.48. The summed E-state index contributed by atoms with van der Waals surface area (Å²) in [6, 6.07) is 10.6. The average molecular weight is 518 g/mol. The lowest BCUT2D eigenvalue weighted by molar-refractivity contribution is -0.138. The summed E-state index contributed by atoms with van der Waals surface area (Å²) in [5.41, 5.74) is 1.89. The molecule has 0 saturated heterocycles. The van der Waals surface area contributed by atoms with Crippen LogP contribution in [0.1, 0.15) is 58.2 Å². The SMILES string of the molecule is C=CC=N/C=C(\C)C(C)Cc1ccc(C)cc1.CC(C)NC(=O)C(C)(C)Oc1ccc(C(F)(F)F)cn1. The Hall–Kier alpha value is -3.42. The van der Waals surface area contributed by atoms with Crippen LogP contribution in [-0.4, -0.2) is 28.7 Å². The number of aliphatic imine (C=N–C) groups is 1. The maximum Gasteiger partial charge on any atom is 0.417 e. The van der Waals surface area contributed by atoms with Gasteiger partial charge in [-0.1, -0.05) is 55.0 Å². The second-order valence-electron chi connectivity index (χ2n) is 9.62. The van der Waals surface area contributed by atoms with E-state index in [1.165, 1.54) is 30.5 Å². The average Bonchev–Trinajstić information content (AvgIpc) is 2.80. The van der Waals surface area contributed by atoms with Crippen molar-refractivity contribution in [2.75, 3.05) is 0 Å². The molecule has 0 radical (unpaired) electrons. The smallest absolute Gasteiger partial charge is 0.417 e. The van der Waals surface area contributed by atoms with E-state index in [0.29, 0.717) is 12.1 Å². The zero-order chi connectivity index (χ0) is 28.2. The van der Waals surface area contributed by atoms with Crippen molar-refractivity contribution in [3.05, 3.63) is 83.7 Å². The highest BCUT2D eigenvalue weighted by Crippen LogP contribution is 2.29. The van der Waals surface area contributed by atoms with E-state index in [2.05, 4.69) is 66.9 Å². The van der Waals surface area contributed by atoms with Crippen LogP contribution < -0.4 is 10.1 Å². The summed E-state index contributed by atoms with van der Waals surface area (Å²) >= 11 is 0. The Bertz CT molecular complexity index is 1060. The summed E-state index contributed by atoms with van der Waals surface area (Å²) in [5, 5.41) is 2.67. The number of pyridine rings is 1. The minimum atomic E-state index is -4.45. The minimum absolute atomic E-state index is 0.0399. The Morgan fingerprint density at radius 3 is 2.24 bits per heavy atom. The van der Waals surface area contributed by atoms with E-state index in [4.69, 9.17) is 4.74 Å². The van der Waals surface area contributed by atoms with Crippen LogP contribution in [0.3, 0.4) is 0 Å². The molecule has 1 unspecified atom stereocenters. The van der Waals surface area contributed by atoms with Gasteiger partial charge in [0.15, 0.2) is 5.60 Å². The van der Waals surface area contributed by atoms with Gasteiger partial charge in [-0.15, -0.1) is 0 Å². The molecule has 0 aliphatic carbocycles. The van der Waals surface area contributed by atoms with Crippen LogP contribution in [0.15, 0.2) is 72.0 Å². The summed E-state index contributed by atoms with van der Waals surface area (Å²) in [6.07, 6.45) is 2.60. The van der Waals surface area contributed by atoms with Crippen LogP contribution in [0, 0.1) is 12.8 Å². The van der Waals surface area contributed by atoms with Crippen molar-refractivity contribution in [1.29, 1.82) is 0 Å². The number of aryl methyl sites for hydroxylation is 1. The Balaban J connectivity index is 0.000000375. The number of nitrogens with zero attached hydrogens (tertiary/aromatic N) is 2. The van der Waals surface area contributed by atoms with Gasteiger partial charge in [0.05, 0.1) is 5.56 Å². The topological polar surface area (TPSA) is 63.6 Å². The first-order chi connectivity index (χ1) is 17.2. The molecular weight excluding hydrogens is 479 g/mol. The number of hydrogen-bond donors (Lipinski definition) is 1. The number of amides is 1. The van der Waals surface area contributed by atoms with E-state index in [1.807, 2.05) is 6.20 Å². The van der Waals surface area contributed by atoms with Crippen molar-refractivity contribution in [3.63, 3.8) is 0 Å². The maximum absolute atomic E-state index is 12.4. The highest BCUT2D eigenvalue weighted by atomic mass is 19.4. The molecule has 1 aromatic carbocycles. The fourth-order valence-electron chi connectivity index (χ4n) is 2.94. The number of ether oxygens (including phenoxy) is 1. The molecule has 1 heterocycles. The number of aromatic nitrogens is 1. The summed E-state index contributed by atoms with van der Waals surface area (Å²) in [7, 11) is 0. The number of carbonyl (C=O) groups excluding carboxylic acids is 1. The number of halogens is 3. The molecule has 37 heavy (non-hydrogen) atoms. The molecule has 1 N–H and O–H groups in total. The molecule has 0 bridgehead atoms. The van der Waals surface area contributed by atoms with Crippen LogP contribution in [0.25, 0.3) is 0 Å². The number of benzene rings is 1. The van der Waals surface area contributed by atoms with Crippen molar-refractivity contribution < 1.29 is 22.7 Å².